The molecule has 0 aliphatic carbocycles. The van der Waals surface area contributed by atoms with Crippen molar-refractivity contribution in [1.82, 2.24) is 25.1 Å². The summed E-state index contributed by atoms with van der Waals surface area (Å²) < 4.78 is 62.5. The first kappa shape index (κ1) is 32.9. The molecule has 0 aromatic carbocycles. The molecule has 0 aliphatic heterocycles. The highest BCUT2D eigenvalue weighted by atomic mass is 32.2. The Bertz CT molecular complexity index is 1480. The minimum absolute atomic E-state index is 0.00917. The lowest BCUT2D eigenvalue weighted by molar-refractivity contribution is -0.139. The molecule has 3 aromatic heterocycles. The maximum Gasteiger partial charge on any atom is 0.420 e. The van der Waals surface area contributed by atoms with Crippen LogP contribution in [0.1, 0.15) is 67.5 Å². The summed E-state index contributed by atoms with van der Waals surface area (Å²) in [6.07, 6.45) is -2.09. The summed E-state index contributed by atoms with van der Waals surface area (Å²) in [6.45, 7) is 9.89. The van der Waals surface area contributed by atoms with Gasteiger partial charge >= 0.3 is 6.18 Å². The van der Waals surface area contributed by atoms with Crippen LogP contribution in [0.4, 0.5) is 13.2 Å². The molecule has 1 unspecified atom stereocenters. The van der Waals surface area contributed by atoms with E-state index in [0.29, 0.717) is 22.6 Å². The molecule has 3 rings (SSSR count). The van der Waals surface area contributed by atoms with Gasteiger partial charge in [0.1, 0.15) is 11.8 Å². The molecular formula is C28H36F3N5O5S. The van der Waals surface area contributed by atoms with Crippen LogP contribution in [0.2, 0.25) is 0 Å². The van der Waals surface area contributed by atoms with Crippen molar-refractivity contribution in [2.24, 2.45) is 0 Å². The lowest BCUT2D eigenvalue weighted by atomic mass is 10.0. The number of ether oxygens (including phenoxy) is 1. The molecule has 10 nitrogen and oxygen atoms in total. The lowest BCUT2D eigenvalue weighted by Gasteiger charge is -2.23. The molecule has 1 atom stereocenters. The number of thiol groups is 1. The fourth-order valence-corrected chi connectivity index (χ4v) is 5.97. The largest absolute Gasteiger partial charge is 0.437 e. The van der Waals surface area contributed by atoms with Crippen molar-refractivity contribution in [2.75, 3.05) is 11.5 Å². The highest BCUT2D eigenvalue weighted by Gasteiger charge is 2.39. The number of nitrogens with one attached hydrogen (secondary N) is 1. The lowest BCUT2D eigenvalue weighted by Crippen LogP contribution is -2.27. The van der Waals surface area contributed by atoms with Crippen molar-refractivity contribution in [2.45, 2.75) is 77.2 Å². The van der Waals surface area contributed by atoms with Gasteiger partial charge in [-0.2, -0.15) is 18.3 Å². The molecule has 0 saturated carbocycles. The summed E-state index contributed by atoms with van der Waals surface area (Å²) >= 11 is 0. The Morgan fingerprint density at radius 1 is 1.21 bits per heavy atom. The molecule has 0 aliphatic rings. The van der Waals surface area contributed by atoms with Gasteiger partial charge in [0.25, 0.3) is 5.91 Å². The van der Waals surface area contributed by atoms with Crippen LogP contribution in [-0.4, -0.2) is 58.9 Å². The number of hydrogen-bond acceptors (Lipinski definition) is 8. The highest BCUT2D eigenvalue weighted by molar-refractivity contribution is 8.03. The zero-order chi connectivity index (χ0) is 31.5. The minimum Gasteiger partial charge on any atom is -0.437 e. The number of carbonyl (C=O) groups excluding carboxylic acids is 2. The molecule has 42 heavy (non-hydrogen) atoms. The molecule has 3 heterocycles. The number of aldehydes is 1. The molecule has 0 bridgehead atoms. The molecule has 0 spiro atoms. The number of aromatic nitrogens is 4. The van der Waals surface area contributed by atoms with Crippen molar-refractivity contribution >= 4 is 22.1 Å². The average molecular weight is 612 g/mol. The molecule has 0 radical (unpaired) electrons. The summed E-state index contributed by atoms with van der Waals surface area (Å²) in [6, 6.07) is 3.22. The van der Waals surface area contributed by atoms with E-state index in [-0.39, 0.29) is 41.4 Å². The van der Waals surface area contributed by atoms with Crippen LogP contribution in [0, 0.1) is 6.92 Å². The third-order valence-corrected chi connectivity index (χ3v) is 9.47. The van der Waals surface area contributed by atoms with Crippen molar-refractivity contribution in [3.05, 3.63) is 58.8 Å². The maximum absolute atomic E-state index is 14.1. The molecule has 3 aromatic rings. The monoisotopic (exact) mass is 611 g/mol. The second-order valence-corrected chi connectivity index (χ2v) is 14.2. The summed E-state index contributed by atoms with van der Waals surface area (Å²) in [4.78, 5) is 32.7. The van der Waals surface area contributed by atoms with Gasteiger partial charge in [0, 0.05) is 35.0 Å². The first-order valence-corrected chi connectivity index (χ1v) is 15.3. The Hall–Kier alpha value is -3.65. The van der Waals surface area contributed by atoms with E-state index in [0.717, 1.165) is 12.4 Å². The smallest absolute Gasteiger partial charge is 0.420 e. The van der Waals surface area contributed by atoms with Gasteiger partial charge in [0.2, 0.25) is 5.88 Å². The molecular weight excluding hydrogens is 575 g/mol. The molecule has 14 heteroatoms. The molecule has 230 valence electrons. The van der Waals surface area contributed by atoms with Crippen LogP contribution in [0.5, 0.6) is 11.6 Å². The second kappa shape index (κ2) is 12.7. The first-order chi connectivity index (χ1) is 19.5. The predicted molar refractivity (Wildman–Crippen MR) is 151 cm³/mol. The van der Waals surface area contributed by atoms with Gasteiger partial charge in [-0.25, -0.2) is 4.68 Å². The van der Waals surface area contributed by atoms with E-state index in [1.165, 1.54) is 24.7 Å². The number of aliphatic hydroxyl groups is 1. The van der Waals surface area contributed by atoms with Gasteiger partial charge in [0.05, 0.1) is 35.8 Å². The fourth-order valence-electron chi connectivity index (χ4n) is 4.28. The van der Waals surface area contributed by atoms with Gasteiger partial charge in [-0.1, -0.05) is 16.9 Å². The van der Waals surface area contributed by atoms with E-state index in [4.69, 9.17) is 4.74 Å². The van der Waals surface area contributed by atoms with E-state index in [9.17, 15) is 32.1 Å². The Labute approximate surface area is 243 Å². The topological polar surface area (TPSA) is 136 Å². The summed E-state index contributed by atoms with van der Waals surface area (Å²) in [5, 5.41) is 16.8. The Morgan fingerprint density at radius 3 is 2.43 bits per heavy atom. The van der Waals surface area contributed by atoms with Crippen LogP contribution in [0.25, 0.3) is 0 Å². The third kappa shape index (κ3) is 7.40. The van der Waals surface area contributed by atoms with Crippen LogP contribution >= 0.6 is 0 Å². The third-order valence-electron chi connectivity index (χ3n) is 6.50. The summed E-state index contributed by atoms with van der Waals surface area (Å²) in [7, 11) is -2.87. The standard InChI is InChI=1S/C28H36F3N5O5S/c1-7-42(40,11-10-37)21-9-8-20(33-15-21)14-34-25(39)24-18(3)26(36(35-24)27(4,5)6)41-22-16-32-13-19(12-17(2)38)23(22)28(29,30)31/h8-10,13,15-17,38,42H,7,11-12,14H2,1-6H3,(H,34,39). The number of aliphatic hydroxyl groups excluding tert-OH is 1. The summed E-state index contributed by atoms with van der Waals surface area (Å²) in [5.41, 5.74) is -1.47. The van der Waals surface area contributed by atoms with Crippen molar-refractivity contribution < 1.29 is 36.8 Å². The van der Waals surface area contributed by atoms with Crippen molar-refractivity contribution in [3.63, 3.8) is 0 Å². The van der Waals surface area contributed by atoms with Crippen molar-refractivity contribution in [1.29, 1.82) is 0 Å². The van der Waals surface area contributed by atoms with Crippen molar-refractivity contribution in [3.8, 4) is 11.6 Å². The van der Waals surface area contributed by atoms with Crippen LogP contribution < -0.4 is 10.1 Å². The zero-order valence-corrected chi connectivity index (χ0v) is 25.2. The Balaban J connectivity index is 1.92. The minimum atomic E-state index is -4.80. The Morgan fingerprint density at radius 2 is 1.90 bits per heavy atom. The number of nitrogens with zero attached hydrogens (tertiary/aromatic N) is 4. The maximum atomic E-state index is 14.1. The summed E-state index contributed by atoms with van der Waals surface area (Å²) in [5.74, 6) is -1.02. The van der Waals surface area contributed by atoms with E-state index in [2.05, 4.69) is 20.4 Å². The molecule has 1 amide bonds. The molecule has 2 N–H and O–H groups in total. The molecule has 0 saturated heterocycles. The molecule has 0 fully saturated rings. The first-order valence-electron chi connectivity index (χ1n) is 13.3. The zero-order valence-electron chi connectivity index (χ0n) is 24.3. The van der Waals surface area contributed by atoms with E-state index in [1.807, 2.05) is 0 Å². The SMILES string of the molecule is CC[SH](=O)(CC=O)c1ccc(CNC(=O)c2nn(C(C)(C)C)c(Oc3cncc(CC(C)O)c3C(F)(F)F)c2C)nc1. The van der Waals surface area contributed by atoms with Crippen LogP contribution in [0.3, 0.4) is 0 Å². The highest BCUT2D eigenvalue weighted by Crippen LogP contribution is 2.42. The van der Waals surface area contributed by atoms with Gasteiger partial charge in [0.15, 0.2) is 11.4 Å². The van der Waals surface area contributed by atoms with Crippen LogP contribution in [0.15, 0.2) is 35.6 Å². The van der Waals surface area contributed by atoms with Gasteiger partial charge in [-0.3, -0.25) is 19.0 Å². The normalized spacial score (nSPS) is 13.5. The number of pyridine rings is 2. The van der Waals surface area contributed by atoms with Gasteiger partial charge in [-0.05, 0) is 52.3 Å². The predicted octanol–water partition coefficient (Wildman–Crippen LogP) is 4.00. The second-order valence-electron chi connectivity index (χ2n) is 10.9. The quantitative estimate of drug-likeness (QED) is 0.219. The number of halogens is 3. The van der Waals surface area contributed by atoms with Gasteiger partial charge < -0.3 is 20.0 Å². The average Bonchev–Trinajstić information content (AvgIpc) is 3.23. The van der Waals surface area contributed by atoms with E-state index < -0.39 is 45.0 Å². The van der Waals surface area contributed by atoms with E-state index >= 15 is 0 Å². The fraction of sp³-hybridized carbons (Fsp3) is 0.464. The number of hydrogen-bond donors (Lipinski definition) is 3. The number of alkyl halides is 3. The van der Waals surface area contributed by atoms with E-state index in [1.54, 1.807) is 39.8 Å². The number of amides is 1. The van der Waals surface area contributed by atoms with Gasteiger partial charge in [-0.15, -0.1) is 0 Å². The number of rotatable bonds is 11. The number of carbonyl (C=O) groups is 2. The van der Waals surface area contributed by atoms with Crippen LogP contribution in [-0.2, 0) is 39.4 Å². The Kier molecular flexibility index (Phi) is 9.93.